The Kier molecular flexibility index (Phi) is 4.28. The Bertz CT molecular complexity index is 797. The fraction of sp³-hybridized carbons (Fsp3) is 0.143. The van der Waals surface area contributed by atoms with Gasteiger partial charge in [0.15, 0.2) is 14.7 Å². The van der Waals surface area contributed by atoms with Crippen molar-refractivity contribution in [1.29, 1.82) is 0 Å². The summed E-state index contributed by atoms with van der Waals surface area (Å²) in [6.07, 6.45) is 1.01. The number of aliphatic hydroxyl groups is 1. The molecule has 1 aliphatic heterocycles. The maximum atomic E-state index is 8.88. The molecule has 2 nitrogen and oxygen atoms in total. The maximum Gasteiger partial charge on any atom is 0.170 e. The summed E-state index contributed by atoms with van der Waals surface area (Å²) in [5.41, 5.74) is 2.83. The maximum absolute atomic E-state index is 8.88. The van der Waals surface area contributed by atoms with Crippen LogP contribution in [0.3, 0.4) is 0 Å². The Morgan fingerprint density at radius 2 is 1.38 bits per heavy atom. The van der Waals surface area contributed by atoms with Gasteiger partial charge >= 0.3 is 0 Å². The molecule has 0 fully saturated rings. The van der Waals surface area contributed by atoms with Crippen molar-refractivity contribution in [3.05, 3.63) is 83.9 Å². The van der Waals surface area contributed by atoms with Crippen LogP contribution in [0.2, 0.25) is 0 Å². The molecular formula is C21H19O2S+. The van der Waals surface area contributed by atoms with Crippen LogP contribution in [-0.2, 0) is 17.3 Å². The smallest absolute Gasteiger partial charge is 0.170 e. The summed E-state index contributed by atoms with van der Waals surface area (Å²) in [5.74, 6) is 0.801. The average molecular weight is 335 g/mol. The van der Waals surface area contributed by atoms with Gasteiger partial charge in [0.25, 0.3) is 0 Å². The predicted molar refractivity (Wildman–Crippen MR) is 96.9 cm³/mol. The van der Waals surface area contributed by atoms with Gasteiger partial charge in [0.2, 0.25) is 0 Å². The van der Waals surface area contributed by atoms with Crippen LogP contribution in [0.1, 0.15) is 11.1 Å². The zero-order valence-corrected chi connectivity index (χ0v) is 14.1. The summed E-state index contributed by atoms with van der Waals surface area (Å²) in [5, 5.41) is 8.88. The first-order chi connectivity index (χ1) is 11.9. The lowest BCUT2D eigenvalue weighted by Crippen LogP contribution is -2.15. The number of benzene rings is 3. The Labute approximate surface area is 145 Å². The minimum atomic E-state index is -0.0768. The van der Waals surface area contributed by atoms with Gasteiger partial charge in [0.05, 0.1) is 17.5 Å². The van der Waals surface area contributed by atoms with Crippen LogP contribution in [0.25, 0.3) is 0 Å². The van der Waals surface area contributed by atoms with E-state index >= 15 is 0 Å². The van der Waals surface area contributed by atoms with Crippen LogP contribution >= 0.6 is 0 Å². The minimum absolute atomic E-state index is 0.0346. The van der Waals surface area contributed by atoms with E-state index in [2.05, 4.69) is 60.7 Å². The Balaban J connectivity index is 1.77. The number of hydrogen-bond donors (Lipinski definition) is 1. The third-order valence-corrected chi connectivity index (χ3v) is 6.61. The average Bonchev–Trinajstić information content (AvgIpc) is 2.65. The van der Waals surface area contributed by atoms with Crippen LogP contribution in [-0.4, -0.2) is 18.3 Å². The van der Waals surface area contributed by atoms with Crippen LogP contribution in [0.4, 0.5) is 0 Å². The van der Waals surface area contributed by atoms with Crippen molar-refractivity contribution >= 4 is 10.9 Å². The molecule has 3 aromatic carbocycles. The summed E-state index contributed by atoms with van der Waals surface area (Å²) in [6.45, 7) is 0.365. The van der Waals surface area contributed by atoms with E-state index in [1.165, 1.54) is 25.8 Å². The van der Waals surface area contributed by atoms with Crippen LogP contribution in [0, 0.1) is 0 Å². The second kappa shape index (κ2) is 6.71. The van der Waals surface area contributed by atoms with Gasteiger partial charge in [-0.2, -0.15) is 0 Å². The quantitative estimate of drug-likeness (QED) is 0.570. The lowest BCUT2D eigenvalue weighted by atomic mass is 10.0. The second-order valence-electron chi connectivity index (χ2n) is 5.74. The summed E-state index contributed by atoms with van der Waals surface area (Å²) in [7, 11) is -0.0768. The van der Waals surface area contributed by atoms with Crippen LogP contribution in [0.5, 0.6) is 5.75 Å². The molecule has 0 atom stereocenters. The van der Waals surface area contributed by atoms with E-state index in [-0.39, 0.29) is 17.5 Å². The molecule has 1 N–H and O–H groups in total. The highest BCUT2D eigenvalue weighted by Gasteiger charge is 2.36. The lowest BCUT2D eigenvalue weighted by Gasteiger charge is -2.19. The highest BCUT2D eigenvalue weighted by atomic mass is 32.2. The fourth-order valence-corrected chi connectivity index (χ4v) is 5.50. The molecular weight excluding hydrogens is 316 g/mol. The molecule has 0 saturated carbocycles. The van der Waals surface area contributed by atoms with Crippen molar-refractivity contribution < 1.29 is 9.84 Å². The lowest BCUT2D eigenvalue weighted by molar-refractivity contribution is 0.201. The molecule has 4 rings (SSSR count). The molecule has 0 amide bonds. The highest BCUT2D eigenvalue weighted by Crippen LogP contribution is 2.40. The van der Waals surface area contributed by atoms with Gasteiger partial charge in [-0.25, -0.2) is 0 Å². The first-order valence-electron chi connectivity index (χ1n) is 8.10. The molecule has 0 aromatic heterocycles. The minimum Gasteiger partial charge on any atom is -0.491 e. The van der Waals surface area contributed by atoms with Gasteiger partial charge in [-0.1, -0.05) is 36.4 Å². The zero-order valence-electron chi connectivity index (χ0n) is 13.3. The van der Waals surface area contributed by atoms with Crippen LogP contribution in [0.15, 0.2) is 87.5 Å². The standard InChI is InChI=1S/C21H19O2S/c22-13-14-23-18-9-11-19(12-10-18)24-20-7-3-1-5-16(20)15-17-6-2-4-8-21(17)24/h1-12,22H,13-15H2/q+1. The third kappa shape index (κ3) is 2.81. The molecule has 0 spiro atoms. The van der Waals surface area contributed by atoms with Gasteiger partial charge in [-0.3, -0.25) is 0 Å². The Morgan fingerprint density at radius 3 is 1.96 bits per heavy atom. The monoisotopic (exact) mass is 335 g/mol. The van der Waals surface area contributed by atoms with E-state index in [0.717, 1.165) is 12.2 Å². The summed E-state index contributed by atoms with van der Waals surface area (Å²) < 4.78 is 5.49. The molecule has 0 saturated heterocycles. The van der Waals surface area contributed by atoms with Crippen molar-refractivity contribution in [3.63, 3.8) is 0 Å². The summed E-state index contributed by atoms with van der Waals surface area (Å²) >= 11 is 0. The molecule has 0 aliphatic carbocycles. The predicted octanol–water partition coefficient (Wildman–Crippen LogP) is 4.06. The van der Waals surface area contributed by atoms with Gasteiger partial charge in [0.1, 0.15) is 12.4 Å². The molecule has 1 heterocycles. The number of fused-ring (bicyclic) bond motifs is 2. The molecule has 120 valence electrons. The number of aliphatic hydroxyl groups excluding tert-OH is 1. The highest BCUT2D eigenvalue weighted by molar-refractivity contribution is 7.97. The zero-order chi connectivity index (χ0) is 16.4. The van der Waals surface area contributed by atoms with E-state index in [0.29, 0.717) is 6.61 Å². The molecule has 0 bridgehead atoms. The van der Waals surface area contributed by atoms with Crippen LogP contribution < -0.4 is 4.74 Å². The van der Waals surface area contributed by atoms with E-state index in [4.69, 9.17) is 9.84 Å². The van der Waals surface area contributed by atoms with Crippen molar-refractivity contribution in [3.8, 4) is 5.75 Å². The summed E-state index contributed by atoms with van der Waals surface area (Å²) in [4.78, 5) is 4.13. The number of ether oxygens (including phenoxy) is 1. The number of rotatable bonds is 4. The Morgan fingerprint density at radius 1 is 0.792 bits per heavy atom. The number of hydrogen-bond acceptors (Lipinski definition) is 2. The van der Waals surface area contributed by atoms with Gasteiger partial charge in [-0.05, 0) is 36.4 Å². The Hall–Kier alpha value is -2.23. The van der Waals surface area contributed by atoms with Crippen molar-refractivity contribution in [2.45, 2.75) is 21.1 Å². The molecule has 1 aliphatic rings. The van der Waals surface area contributed by atoms with Gasteiger partial charge < -0.3 is 9.84 Å². The van der Waals surface area contributed by atoms with E-state index < -0.39 is 0 Å². The van der Waals surface area contributed by atoms with E-state index in [9.17, 15) is 0 Å². The molecule has 0 unspecified atom stereocenters. The first-order valence-corrected chi connectivity index (χ1v) is 9.33. The fourth-order valence-electron chi connectivity index (χ4n) is 3.11. The van der Waals surface area contributed by atoms with E-state index in [1.807, 2.05) is 12.1 Å². The van der Waals surface area contributed by atoms with Gasteiger partial charge in [-0.15, -0.1) is 0 Å². The first kappa shape index (κ1) is 15.3. The molecule has 24 heavy (non-hydrogen) atoms. The molecule has 3 aromatic rings. The largest absolute Gasteiger partial charge is 0.491 e. The van der Waals surface area contributed by atoms with Crippen molar-refractivity contribution in [2.24, 2.45) is 0 Å². The van der Waals surface area contributed by atoms with Crippen molar-refractivity contribution in [2.75, 3.05) is 13.2 Å². The SMILES string of the molecule is OCCOc1ccc([S+]2c3ccccc3Cc3ccccc32)cc1. The second-order valence-corrected chi connectivity index (χ2v) is 7.71. The topological polar surface area (TPSA) is 29.5 Å². The van der Waals surface area contributed by atoms with Crippen molar-refractivity contribution in [1.82, 2.24) is 0 Å². The molecule has 0 radical (unpaired) electrons. The third-order valence-electron chi connectivity index (χ3n) is 4.19. The van der Waals surface area contributed by atoms with Gasteiger partial charge in [0, 0.05) is 17.5 Å². The summed E-state index contributed by atoms with van der Waals surface area (Å²) in [6, 6.07) is 25.8. The molecule has 3 heteroatoms. The normalized spacial score (nSPS) is 13.2. The van der Waals surface area contributed by atoms with E-state index in [1.54, 1.807) is 0 Å².